The molecule has 4 heteroatoms. The van der Waals surface area contributed by atoms with E-state index in [4.69, 9.17) is 0 Å². The van der Waals surface area contributed by atoms with E-state index in [2.05, 4.69) is 0 Å². The zero-order valence-electron chi connectivity index (χ0n) is 9.56. The molecule has 1 rings (SSSR count). The molecule has 0 aromatic heterocycles. The molecule has 0 aliphatic heterocycles. The summed E-state index contributed by atoms with van der Waals surface area (Å²) < 4.78 is 38.4. The van der Waals surface area contributed by atoms with E-state index in [9.17, 15) is 13.2 Å². The molecule has 0 nitrogen and oxygen atoms in total. The second kappa shape index (κ2) is 5.13. The van der Waals surface area contributed by atoms with E-state index in [-0.39, 0.29) is 5.92 Å². The van der Waals surface area contributed by atoms with Crippen LogP contribution in [0.5, 0.6) is 0 Å². The Morgan fingerprint density at radius 2 is 1.88 bits per heavy atom. The van der Waals surface area contributed by atoms with Crippen molar-refractivity contribution in [3.63, 3.8) is 0 Å². The molecule has 0 unspecified atom stereocenters. The first-order valence-corrected chi connectivity index (χ1v) is 6.31. The van der Waals surface area contributed by atoms with E-state index >= 15 is 0 Å². The van der Waals surface area contributed by atoms with Gasteiger partial charge >= 0.3 is 6.18 Å². The van der Waals surface area contributed by atoms with Gasteiger partial charge in [0.1, 0.15) is 0 Å². The number of alkyl halides is 3. The van der Waals surface area contributed by atoms with Crippen LogP contribution in [-0.2, 0) is 12.6 Å². The molecule has 0 fully saturated rings. The minimum absolute atomic E-state index is 0.223. The van der Waals surface area contributed by atoms with Gasteiger partial charge in [0.25, 0.3) is 0 Å². The molecule has 0 radical (unpaired) electrons. The Morgan fingerprint density at radius 3 is 2.31 bits per heavy atom. The molecule has 0 N–H and O–H groups in total. The number of rotatable bonds is 3. The van der Waals surface area contributed by atoms with E-state index in [1.807, 2.05) is 13.8 Å². The van der Waals surface area contributed by atoms with Crippen molar-refractivity contribution in [3.8, 4) is 0 Å². The molecular weight excluding hydrogens is 233 g/mol. The molecule has 0 heterocycles. The highest BCUT2D eigenvalue weighted by Crippen LogP contribution is 2.35. The molecule has 0 aliphatic rings. The van der Waals surface area contributed by atoms with Gasteiger partial charge in [-0.1, -0.05) is 19.9 Å². The quantitative estimate of drug-likeness (QED) is 0.703. The molecule has 1 aromatic rings. The van der Waals surface area contributed by atoms with E-state index in [1.54, 1.807) is 18.4 Å². The predicted octanol–water partition coefficient (Wildman–Crippen LogP) is 4.63. The number of thioether (sulfide) groups is 1. The summed E-state index contributed by atoms with van der Waals surface area (Å²) in [6.45, 7) is 3.84. The Hall–Kier alpha value is -0.640. The molecule has 1 aromatic carbocycles. The first kappa shape index (κ1) is 13.4. The molecular formula is C12H15F3S. The van der Waals surface area contributed by atoms with Crippen molar-refractivity contribution in [1.29, 1.82) is 0 Å². The first-order valence-electron chi connectivity index (χ1n) is 5.08. The minimum Gasteiger partial charge on any atom is -0.166 e. The van der Waals surface area contributed by atoms with Gasteiger partial charge in [-0.15, -0.1) is 11.8 Å². The van der Waals surface area contributed by atoms with E-state index in [0.29, 0.717) is 16.9 Å². The van der Waals surface area contributed by atoms with E-state index < -0.39 is 11.7 Å². The number of benzene rings is 1. The van der Waals surface area contributed by atoms with Crippen molar-refractivity contribution in [2.45, 2.75) is 31.3 Å². The molecule has 0 spiro atoms. The number of hydrogen-bond acceptors (Lipinski definition) is 1. The molecule has 0 amide bonds. The van der Waals surface area contributed by atoms with Crippen LogP contribution < -0.4 is 0 Å². The van der Waals surface area contributed by atoms with Crippen LogP contribution in [-0.4, -0.2) is 6.26 Å². The van der Waals surface area contributed by atoms with Gasteiger partial charge in [0.05, 0.1) is 5.56 Å². The fraction of sp³-hybridized carbons (Fsp3) is 0.500. The Labute approximate surface area is 98.2 Å². The molecule has 0 atom stereocenters. The largest absolute Gasteiger partial charge is 0.416 e. The Bertz CT molecular complexity index is 356. The van der Waals surface area contributed by atoms with Gasteiger partial charge in [0.15, 0.2) is 0 Å². The van der Waals surface area contributed by atoms with Gasteiger partial charge in [0.2, 0.25) is 0 Å². The third kappa shape index (κ3) is 3.44. The van der Waals surface area contributed by atoms with Crippen molar-refractivity contribution in [1.82, 2.24) is 0 Å². The van der Waals surface area contributed by atoms with Crippen molar-refractivity contribution < 1.29 is 13.2 Å². The van der Waals surface area contributed by atoms with Gasteiger partial charge in [-0.25, -0.2) is 0 Å². The predicted molar refractivity (Wildman–Crippen MR) is 61.8 cm³/mol. The van der Waals surface area contributed by atoms with Crippen molar-refractivity contribution in [3.05, 3.63) is 29.3 Å². The fourth-order valence-corrected chi connectivity index (χ4v) is 2.00. The summed E-state index contributed by atoms with van der Waals surface area (Å²) in [5.74, 6) is 0.223. The van der Waals surface area contributed by atoms with Gasteiger partial charge < -0.3 is 0 Å². The Balaban J connectivity index is 3.17. The summed E-state index contributed by atoms with van der Waals surface area (Å²) in [6, 6.07) is 4.58. The minimum atomic E-state index is -4.25. The van der Waals surface area contributed by atoms with Crippen LogP contribution in [0.15, 0.2) is 23.1 Å². The van der Waals surface area contributed by atoms with Crippen LogP contribution in [0.25, 0.3) is 0 Å². The summed E-state index contributed by atoms with van der Waals surface area (Å²) in [5.41, 5.74) is -0.103. The summed E-state index contributed by atoms with van der Waals surface area (Å²) in [6.07, 6.45) is -2.02. The summed E-state index contributed by atoms with van der Waals surface area (Å²) in [4.78, 5) is 0.653. The second-order valence-corrected chi connectivity index (χ2v) is 5.00. The summed E-state index contributed by atoms with van der Waals surface area (Å²) in [7, 11) is 0. The van der Waals surface area contributed by atoms with Crippen LogP contribution in [0.2, 0.25) is 0 Å². The average molecular weight is 248 g/mol. The van der Waals surface area contributed by atoms with Crippen LogP contribution in [0.4, 0.5) is 13.2 Å². The highest BCUT2D eigenvalue weighted by Gasteiger charge is 2.33. The van der Waals surface area contributed by atoms with Crippen LogP contribution >= 0.6 is 11.8 Å². The third-order valence-corrected chi connectivity index (χ3v) is 2.98. The van der Waals surface area contributed by atoms with Crippen molar-refractivity contribution >= 4 is 11.8 Å². The molecule has 0 saturated heterocycles. The molecule has 16 heavy (non-hydrogen) atoms. The maximum Gasteiger partial charge on any atom is 0.416 e. The lowest BCUT2D eigenvalue weighted by atomic mass is 9.98. The molecule has 0 bridgehead atoms. The van der Waals surface area contributed by atoms with Crippen molar-refractivity contribution in [2.75, 3.05) is 6.26 Å². The maximum atomic E-state index is 12.8. The van der Waals surface area contributed by atoms with Gasteiger partial charge in [0, 0.05) is 4.90 Å². The van der Waals surface area contributed by atoms with Crippen LogP contribution in [0.1, 0.15) is 25.0 Å². The molecule has 0 saturated carbocycles. The van der Waals surface area contributed by atoms with Crippen LogP contribution in [0, 0.1) is 5.92 Å². The maximum absolute atomic E-state index is 12.8. The zero-order valence-corrected chi connectivity index (χ0v) is 10.4. The topological polar surface area (TPSA) is 0 Å². The highest BCUT2D eigenvalue weighted by atomic mass is 32.2. The number of halogens is 3. The monoisotopic (exact) mass is 248 g/mol. The normalized spacial score (nSPS) is 12.2. The molecule has 90 valence electrons. The van der Waals surface area contributed by atoms with E-state index in [0.717, 1.165) is 0 Å². The molecule has 0 aliphatic carbocycles. The zero-order chi connectivity index (χ0) is 12.3. The second-order valence-electron chi connectivity index (χ2n) is 4.12. The Kier molecular flexibility index (Phi) is 4.30. The lowest BCUT2D eigenvalue weighted by Crippen LogP contribution is -2.11. The van der Waals surface area contributed by atoms with Gasteiger partial charge in [-0.2, -0.15) is 13.2 Å². The third-order valence-electron chi connectivity index (χ3n) is 2.25. The lowest BCUT2D eigenvalue weighted by molar-refractivity contribution is -0.138. The smallest absolute Gasteiger partial charge is 0.166 e. The standard InChI is InChI=1S/C12H15F3S/c1-8(2)6-9-4-5-10(16-3)7-11(9)12(13,14)15/h4-5,7-8H,6H2,1-3H3. The van der Waals surface area contributed by atoms with Crippen molar-refractivity contribution in [2.24, 2.45) is 5.92 Å². The lowest BCUT2D eigenvalue weighted by Gasteiger charge is -2.15. The Morgan fingerprint density at radius 1 is 1.25 bits per heavy atom. The fourth-order valence-electron chi connectivity index (χ4n) is 1.56. The first-order chi connectivity index (χ1) is 7.34. The highest BCUT2D eigenvalue weighted by molar-refractivity contribution is 7.98. The van der Waals surface area contributed by atoms with E-state index in [1.165, 1.54) is 17.8 Å². The summed E-state index contributed by atoms with van der Waals surface area (Å²) >= 11 is 1.33. The average Bonchev–Trinajstić information content (AvgIpc) is 2.15. The van der Waals surface area contributed by atoms with Gasteiger partial charge in [-0.05, 0) is 36.3 Å². The van der Waals surface area contributed by atoms with Gasteiger partial charge in [-0.3, -0.25) is 0 Å². The summed E-state index contributed by atoms with van der Waals surface area (Å²) in [5, 5.41) is 0. The number of hydrogen-bond donors (Lipinski definition) is 0. The SMILES string of the molecule is CSc1ccc(CC(C)C)c(C(F)(F)F)c1. The van der Waals surface area contributed by atoms with Crippen LogP contribution in [0.3, 0.4) is 0 Å².